The van der Waals surface area contributed by atoms with Crippen molar-refractivity contribution >= 4 is 11.7 Å². The molecule has 1 heterocycles. The van der Waals surface area contributed by atoms with Crippen LogP contribution in [0.25, 0.3) is 0 Å². The molecule has 22 heavy (non-hydrogen) atoms. The third-order valence-electron chi connectivity index (χ3n) is 3.28. The first kappa shape index (κ1) is 15.8. The monoisotopic (exact) mass is 297 g/mol. The number of aromatic nitrogens is 2. The van der Waals surface area contributed by atoms with E-state index >= 15 is 0 Å². The molecule has 0 unspecified atom stereocenters. The highest BCUT2D eigenvalue weighted by molar-refractivity contribution is 6.01. The van der Waals surface area contributed by atoms with E-state index in [9.17, 15) is 9.59 Å². The van der Waals surface area contributed by atoms with E-state index in [0.717, 1.165) is 5.56 Å². The van der Waals surface area contributed by atoms with Gasteiger partial charge < -0.3 is 5.32 Å². The van der Waals surface area contributed by atoms with Crippen LogP contribution < -0.4 is 5.32 Å². The number of Topliss-reactive ketones (excluding diaryl/α,β-unsaturated/α-hetero) is 1. The maximum Gasteiger partial charge on any atom is 0.271 e. The third-order valence-corrected chi connectivity index (χ3v) is 3.28. The molecule has 0 saturated carbocycles. The van der Waals surface area contributed by atoms with Gasteiger partial charge in [-0.2, -0.15) is 0 Å². The number of hydrogen-bond donors (Lipinski definition) is 1. The maximum absolute atomic E-state index is 12.1. The van der Waals surface area contributed by atoms with Gasteiger partial charge in [0.2, 0.25) is 0 Å². The predicted octanol–water partition coefficient (Wildman–Crippen LogP) is 2.39. The Morgan fingerprint density at radius 1 is 1.09 bits per heavy atom. The predicted molar refractivity (Wildman–Crippen MR) is 83.8 cm³/mol. The molecule has 0 atom stereocenters. The SMILES string of the molecule is CC(C)(C)c1ccc(C(=O)CNC(=O)c2cnccn2)cc1. The van der Waals surface area contributed by atoms with Crippen LogP contribution in [0.15, 0.2) is 42.9 Å². The second kappa shape index (κ2) is 6.47. The summed E-state index contributed by atoms with van der Waals surface area (Å²) in [6.07, 6.45) is 4.28. The number of benzene rings is 1. The van der Waals surface area contributed by atoms with E-state index in [0.29, 0.717) is 5.56 Å². The summed E-state index contributed by atoms with van der Waals surface area (Å²) in [5.74, 6) is -0.550. The van der Waals surface area contributed by atoms with Crippen molar-refractivity contribution in [3.8, 4) is 0 Å². The van der Waals surface area contributed by atoms with Crippen LogP contribution in [0.2, 0.25) is 0 Å². The maximum atomic E-state index is 12.1. The highest BCUT2D eigenvalue weighted by Gasteiger charge is 2.15. The lowest BCUT2D eigenvalue weighted by atomic mass is 9.86. The average Bonchev–Trinajstić information content (AvgIpc) is 2.52. The summed E-state index contributed by atoms with van der Waals surface area (Å²) in [5.41, 5.74) is 1.97. The molecule has 2 rings (SSSR count). The fraction of sp³-hybridized carbons (Fsp3) is 0.294. The number of nitrogens with zero attached hydrogens (tertiary/aromatic N) is 2. The summed E-state index contributed by atoms with van der Waals surface area (Å²) < 4.78 is 0. The molecule has 1 N–H and O–H groups in total. The zero-order chi connectivity index (χ0) is 16.2. The first-order valence-corrected chi connectivity index (χ1v) is 7.06. The van der Waals surface area contributed by atoms with Crippen molar-refractivity contribution in [2.75, 3.05) is 6.54 Å². The van der Waals surface area contributed by atoms with Gasteiger partial charge in [-0.1, -0.05) is 45.0 Å². The van der Waals surface area contributed by atoms with Crippen LogP contribution in [0.5, 0.6) is 0 Å². The Hall–Kier alpha value is -2.56. The van der Waals surface area contributed by atoms with Gasteiger partial charge in [0.05, 0.1) is 12.7 Å². The molecule has 0 fully saturated rings. The fourth-order valence-corrected chi connectivity index (χ4v) is 1.93. The summed E-state index contributed by atoms with van der Waals surface area (Å²) in [7, 11) is 0. The number of amides is 1. The molecule has 0 aliphatic rings. The number of carbonyl (C=O) groups excluding carboxylic acids is 2. The average molecular weight is 297 g/mol. The van der Waals surface area contributed by atoms with E-state index in [4.69, 9.17) is 0 Å². The van der Waals surface area contributed by atoms with Crippen LogP contribution in [0.1, 0.15) is 47.2 Å². The Morgan fingerprint density at radius 2 is 1.77 bits per heavy atom. The lowest BCUT2D eigenvalue weighted by Gasteiger charge is -2.19. The Balaban J connectivity index is 1.97. The fourth-order valence-electron chi connectivity index (χ4n) is 1.93. The number of carbonyl (C=O) groups is 2. The van der Waals surface area contributed by atoms with Crippen molar-refractivity contribution in [3.05, 3.63) is 59.7 Å². The normalized spacial score (nSPS) is 11.0. The van der Waals surface area contributed by atoms with Gasteiger partial charge in [0, 0.05) is 18.0 Å². The molecule has 2 aromatic rings. The zero-order valence-corrected chi connectivity index (χ0v) is 13.0. The van der Waals surface area contributed by atoms with Crippen molar-refractivity contribution in [1.82, 2.24) is 15.3 Å². The van der Waals surface area contributed by atoms with E-state index in [1.54, 1.807) is 12.1 Å². The molecule has 5 nitrogen and oxygen atoms in total. The summed E-state index contributed by atoms with van der Waals surface area (Å²) >= 11 is 0. The largest absolute Gasteiger partial charge is 0.343 e. The third kappa shape index (κ3) is 3.97. The Bertz CT molecular complexity index is 659. The van der Waals surface area contributed by atoms with E-state index < -0.39 is 5.91 Å². The number of rotatable bonds is 4. The van der Waals surface area contributed by atoms with Gasteiger partial charge in [0.15, 0.2) is 5.78 Å². The molecule has 1 aromatic carbocycles. The molecule has 114 valence electrons. The summed E-state index contributed by atoms with van der Waals surface area (Å²) in [5, 5.41) is 2.55. The topological polar surface area (TPSA) is 72.0 Å². The van der Waals surface area contributed by atoms with Gasteiger partial charge in [-0.3, -0.25) is 14.6 Å². The molecule has 0 aliphatic heterocycles. The van der Waals surface area contributed by atoms with Crippen molar-refractivity contribution in [2.45, 2.75) is 26.2 Å². The molecular formula is C17H19N3O2. The Morgan fingerprint density at radius 3 is 2.32 bits per heavy atom. The van der Waals surface area contributed by atoms with Gasteiger partial charge in [-0.05, 0) is 11.0 Å². The molecule has 1 aromatic heterocycles. The minimum atomic E-state index is -0.409. The van der Waals surface area contributed by atoms with E-state index in [-0.39, 0.29) is 23.4 Å². The van der Waals surface area contributed by atoms with Crippen LogP contribution >= 0.6 is 0 Å². The van der Waals surface area contributed by atoms with Crippen LogP contribution in [-0.2, 0) is 5.41 Å². The lowest BCUT2D eigenvalue weighted by Crippen LogP contribution is -2.30. The first-order chi connectivity index (χ1) is 10.4. The second-order valence-electron chi connectivity index (χ2n) is 6.02. The Labute approximate surface area is 129 Å². The Kier molecular flexibility index (Phi) is 4.65. The summed E-state index contributed by atoms with van der Waals surface area (Å²) in [6, 6.07) is 7.46. The van der Waals surface area contributed by atoms with Crippen molar-refractivity contribution in [3.63, 3.8) is 0 Å². The molecule has 0 aliphatic carbocycles. The second-order valence-corrected chi connectivity index (χ2v) is 6.02. The van der Waals surface area contributed by atoms with Gasteiger partial charge in [-0.15, -0.1) is 0 Å². The highest BCUT2D eigenvalue weighted by Crippen LogP contribution is 2.22. The first-order valence-electron chi connectivity index (χ1n) is 7.06. The van der Waals surface area contributed by atoms with Crippen LogP contribution in [0.3, 0.4) is 0 Å². The lowest BCUT2D eigenvalue weighted by molar-refractivity contribution is 0.0900. The number of ketones is 1. The minimum absolute atomic E-state index is 0.0434. The summed E-state index contributed by atoms with van der Waals surface area (Å²) in [6.45, 7) is 6.28. The quantitative estimate of drug-likeness (QED) is 0.880. The molecule has 1 amide bonds. The van der Waals surface area contributed by atoms with Gasteiger partial charge in [0.25, 0.3) is 5.91 Å². The molecular weight excluding hydrogens is 278 g/mol. The minimum Gasteiger partial charge on any atom is -0.343 e. The van der Waals surface area contributed by atoms with E-state index in [1.807, 2.05) is 12.1 Å². The van der Waals surface area contributed by atoms with Gasteiger partial charge in [0.1, 0.15) is 5.69 Å². The van der Waals surface area contributed by atoms with Crippen molar-refractivity contribution in [1.29, 1.82) is 0 Å². The smallest absolute Gasteiger partial charge is 0.271 e. The molecule has 0 spiro atoms. The zero-order valence-electron chi connectivity index (χ0n) is 13.0. The molecule has 0 saturated heterocycles. The van der Waals surface area contributed by atoms with Crippen LogP contribution in [0, 0.1) is 0 Å². The number of nitrogens with one attached hydrogen (secondary N) is 1. The van der Waals surface area contributed by atoms with E-state index in [2.05, 4.69) is 36.1 Å². The highest BCUT2D eigenvalue weighted by atomic mass is 16.2. The van der Waals surface area contributed by atoms with Crippen LogP contribution in [0.4, 0.5) is 0 Å². The standard InChI is InChI=1S/C17H19N3O2/c1-17(2,3)13-6-4-12(5-7-13)15(21)11-20-16(22)14-10-18-8-9-19-14/h4-10H,11H2,1-3H3,(H,20,22). The molecule has 0 bridgehead atoms. The van der Waals surface area contributed by atoms with Crippen LogP contribution in [-0.4, -0.2) is 28.2 Å². The van der Waals surface area contributed by atoms with Crippen molar-refractivity contribution in [2.24, 2.45) is 0 Å². The van der Waals surface area contributed by atoms with Gasteiger partial charge in [-0.25, -0.2) is 4.98 Å². The van der Waals surface area contributed by atoms with E-state index in [1.165, 1.54) is 18.6 Å². The molecule has 0 radical (unpaired) electrons. The molecule has 5 heteroatoms. The van der Waals surface area contributed by atoms with Crippen molar-refractivity contribution < 1.29 is 9.59 Å². The number of hydrogen-bond acceptors (Lipinski definition) is 4. The van der Waals surface area contributed by atoms with Gasteiger partial charge >= 0.3 is 0 Å². The summed E-state index contributed by atoms with van der Waals surface area (Å²) in [4.78, 5) is 31.6.